The number of hydrogen-bond acceptors (Lipinski definition) is 1. The summed E-state index contributed by atoms with van der Waals surface area (Å²) in [5, 5.41) is 3.52. The van der Waals surface area contributed by atoms with Gasteiger partial charge in [0.2, 0.25) is 0 Å². The van der Waals surface area contributed by atoms with E-state index in [4.69, 9.17) is 4.98 Å². The summed E-state index contributed by atoms with van der Waals surface area (Å²) >= 11 is 0. The van der Waals surface area contributed by atoms with Crippen LogP contribution < -0.4 is 0 Å². The van der Waals surface area contributed by atoms with Gasteiger partial charge in [0.1, 0.15) is 0 Å². The number of imidazole rings is 1. The van der Waals surface area contributed by atoms with Crippen LogP contribution in [0.3, 0.4) is 0 Å². The Labute approximate surface area is 213 Å². The second kappa shape index (κ2) is 8.83. The van der Waals surface area contributed by atoms with Crippen molar-refractivity contribution in [2.75, 3.05) is 0 Å². The van der Waals surface area contributed by atoms with Crippen molar-refractivity contribution in [2.45, 2.75) is 27.2 Å². The Morgan fingerprint density at radius 2 is 1.53 bits per heavy atom. The second-order valence-corrected chi connectivity index (χ2v) is 8.94. The van der Waals surface area contributed by atoms with Crippen molar-refractivity contribution in [3.05, 3.63) is 119 Å². The van der Waals surface area contributed by atoms with Crippen molar-refractivity contribution in [3.63, 3.8) is 0 Å². The standard InChI is InChI=1S/C31H25N2.Ir/c1-20-10-9-11-21(2)29(20)30-22(3)32-31-26-15-8-7-14-25(26)27-19-24(16-17-28(27)33(30)31)18-23-12-5-4-6-13-23;/h4-14,16-17,19H,18H2,1-3H3;/q-1;. The molecule has 0 spiro atoms. The maximum absolute atomic E-state index is 5.07. The fourth-order valence-corrected chi connectivity index (χ4v) is 5.19. The van der Waals surface area contributed by atoms with Gasteiger partial charge in [0.15, 0.2) is 0 Å². The van der Waals surface area contributed by atoms with Crippen LogP contribution in [0.5, 0.6) is 0 Å². The molecule has 0 unspecified atom stereocenters. The number of rotatable bonds is 3. The van der Waals surface area contributed by atoms with Gasteiger partial charge in [-0.05, 0) is 60.9 Å². The molecular formula is C31H25IrN2-. The third kappa shape index (κ3) is 3.57. The molecule has 0 aliphatic rings. The molecule has 0 aliphatic carbocycles. The molecule has 0 aliphatic heterocycles. The first-order chi connectivity index (χ1) is 16.1. The third-order valence-electron chi connectivity index (χ3n) is 6.69. The number of aryl methyl sites for hydroxylation is 3. The molecule has 0 saturated carbocycles. The Kier molecular flexibility index (Phi) is 5.85. The predicted octanol–water partition coefficient (Wildman–Crippen LogP) is 7.62. The van der Waals surface area contributed by atoms with Crippen molar-refractivity contribution >= 4 is 27.3 Å². The van der Waals surface area contributed by atoms with Crippen LogP contribution in [-0.4, -0.2) is 9.38 Å². The monoisotopic (exact) mass is 618 g/mol. The van der Waals surface area contributed by atoms with E-state index in [0.717, 1.165) is 23.1 Å². The molecule has 34 heavy (non-hydrogen) atoms. The largest absolute Gasteiger partial charge is 0.333 e. The number of pyridine rings is 1. The molecule has 2 heterocycles. The molecule has 0 fully saturated rings. The number of benzene rings is 4. The van der Waals surface area contributed by atoms with E-state index < -0.39 is 0 Å². The van der Waals surface area contributed by atoms with Gasteiger partial charge in [0.25, 0.3) is 0 Å². The molecule has 0 N–H and O–H groups in total. The molecule has 169 valence electrons. The SMILES string of the molecule is Cc1cccc(C)c1-c1c(C)nc2c3[c-]cccc3c3cc(Cc4ccccc4)ccc3n12.[Ir]. The number of aromatic nitrogens is 2. The minimum absolute atomic E-state index is 0. The molecule has 0 atom stereocenters. The van der Waals surface area contributed by atoms with Gasteiger partial charge in [-0.3, -0.25) is 4.98 Å². The first-order valence-electron chi connectivity index (χ1n) is 11.5. The molecular weight excluding hydrogens is 593 g/mol. The van der Waals surface area contributed by atoms with Crippen LogP contribution in [0.4, 0.5) is 0 Å². The Morgan fingerprint density at radius 1 is 0.765 bits per heavy atom. The third-order valence-corrected chi connectivity index (χ3v) is 6.69. The predicted molar refractivity (Wildman–Crippen MR) is 138 cm³/mol. The Bertz CT molecular complexity index is 1640. The normalized spacial score (nSPS) is 11.3. The van der Waals surface area contributed by atoms with Gasteiger partial charge < -0.3 is 4.40 Å². The molecule has 0 bridgehead atoms. The molecule has 4 aromatic carbocycles. The van der Waals surface area contributed by atoms with Crippen molar-refractivity contribution in [1.29, 1.82) is 0 Å². The summed E-state index contributed by atoms with van der Waals surface area (Å²) in [7, 11) is 0. The molecule has 6 rings (SSSR count). The summed E-state index contributed by atoms with van der Waals surface area (Å²) < 4.78 is 2.35. The van der Waals surface area contributed by atoms with Crippen molar-refractivity contribution in [3.8, 4) is 11.3 Å². The smallest absolute Gasteiger partial charge is 0.0669 e. The van der Waals surface area contributed by atoms with E-state index in [9.17, 15) is 0 Å². The molecule has 6 aromatic rings. The summed E-state index contributed by atoms with van der Waals surface area (Å²) in [6.07, 6.45) is 0.916. The molecule has 2 nitrogen and oxygen atoms in total. The molecule has 2 aromatic heterocycles. The van der Waals surface area contributed by atoms with Crippen LogP contribution in [0.15, 0.2) is 84.9 Å². The van der Waals surface area contributed by atoms with Crippen LogP contribution >= 0.6 is 0 Å². The van der Waals surface area contributed by atoms with Crippen LogP contribution in [0.2, 0.25) is 0 Å². The van der Waals surface area contributed by atoms with E-state index in [-0.39, 0.29) is 20.1 Å². The maximum Gasteiger partial charge on any atom is 0.0669 e. The summed E-state index contributed by atoms with van der Waals surface area (Å²) in [6, 6.07) is 33.8. The molecule has 1 radical (unpaired) electrons. The van der Waals surface area contributed by atoms with Gasteiger partial charge in [-0.25, -0.2) is 0 Å². The summed E-state index contributed by atoms with van der Waals surface area (Å²) in [4.78, 5) is 5.07. The van der Waals surface area contributed by atoms with Gasteiger partial charge in [-0.15, -0.1) is 29.7 Å². The van der Waals surface area contributed by atoms with Crippen molar-refractivity contribution < 1.29 is 20.1 Å². The number of nitrogens with zero attached hydrogens (tertiary/aromatic N) is 2. The number of hydrogen-bond donors (Lipinski definition) is 0. The van der Waals surface area contributed by atoms with Crippen molar-refractivity contribution in [2.24, 2.45) is 0 Å². The van der Waals surface area contributed by atoms with Gasteiger partial charge in [0.05, 0.1) is 17.0 Å². The maximum atomic E-state index is 5.07. The van der Waals surface area contributed by atoms with E-state index in [2.05, 4.69) is 110 Å². The van der Waals surface area contributed by atoms with E-state index in [0.29, 0.717) is 0 Å². The van der Waals surface area contributed by atoms with Gasteiger partial charge >= 0.3 is 0 Å². The Hall–Kier alpha value is -3.26. The Balaban J connectivity index is 0.00000241. The van der Waals surface area contributed by atoms with Crippen LogP contribution in [0, 0.1) is 26.8 Å². The van der Waals surface area contributed by atoms with Crippen LogP contribution in [0.1, 0.15) is 27.9 Å². The van der Waals surface area contributed by atoms with E-state index >= 15 is 0 Å². The first-order valence-corrected chi connectivity index (χ1v) is 11.5. The van der Waals surface area contributed by atoms with Gasteiger partial charge in [0, 0.05) is 31.2 Å². The molecule has 0 saturated heterocycles. The quantitative estimate of drug-likeness (QED) is 0.148. The van der Waals surface area contributed by atoms with Crippen LogP contribution in [0.25, 0.3) is 38.6 Å². The zero-order valence-corrected chi connectivity index (χ0v) is 21.9. The van der Waals surface area contributed by atoms with Gasteiger partial charge in [-0.2, -0.15) is 0 Å². The summed E-state index contributed by atoms with van der Waals surface area (Å²) in [5.41, 5.74) is 10.8. The fraction of sp³-hybridized carbons (Fsp3) is 0.129. The average molecular weight is 618 g/mol. The minimum Gasteiger partial charge on any atom is -0.333 e. The van der Waals surface area contributed by atoms with Crippen molar-refractivity contribution in [1.82, 2.24) is 9.38 Å². The van der Waals surface area contributed by atoms with E-state index in [1.807, 2.05) is 6.07 Å². The summed E-state index contributed by atoms with van der Waals surface area (Å²) in [6.45, 7) is 6.50. The fourth-order valence-electron chi connectivity index (χ4n) is 5.19. The summed E-state index contributed by atoms with van der Waals surface area (Å²) in [5.74, 6) is 0. The van der Waals surface area contributed by atoms with Crippen LogP contribution in [-0.2, 0) is 26.5 Å². The molecule has 0 amide bonds. The van der Waals surface area contributed by atoms with Gasteiger partial charge in [-0.1, -0.05) is 66.0 Å². The average Bonchev–Trinajstić information content (AvgIpc) is 3.17. The second-order valence-electron chi connectivity index (χ2n) is 8.94. The number of fused-ring (bicyclic) bond motifs is 6. The van der Waals surface area contributed by atoms with E-state index in [1.54, 1.807) is 0 Å². The minimum atomic E-state index is 0. The zero-order valence-electron chi connectivity index (χ0n) is 19.5. The molecule has 3 heteroatoms. The zero-order chi connectivity index (χ0) is 22.5. The first kappa shape index (κ1) is 22.5. The van der Waals surface area contributed by atoms with E-state index in [1.165, 1.54) is 49.8 Å². The topological polar surface area (TPSA) is 17.3 Å². The Morgan fingerprint density at radius 3 is 2.29 bits per heavy atom.